The zero-order chi connectivity index (χ0) is 18.7. The predicted molar refractivity (Wildman–Crippen MR) is 96.7 cm³/mol. The number of halogens is 2. The van der Waals surface area contributed by atoms with E-state index in [4.69, 9.17) is 32.7 Å². The van der Waals surface area contributed by atoms with Crippen LogP contribution in [-0.4, -0.2) is 35.8 Å². The van der Waals surface area contributed by atoms with E-state index < -0.39 is 12.4 Å². The Hall–Kier alpha value is -1.46. The molecule has 1 fully saturated rings. The largest absolute Gasteiger partial charge is 0.510 e. The van der Waals surface area contributed by atoms with Gasteiger partial charge in [-0.15, -0.1) is 0 Å². The molecule has 1 amide bonds. The SMILES string of the molecule is CCOC(=O)OC1C(C)C(C)C(C)N1C(=O)Cc1c(Cl)cccc1Cl. The first kappa shape index (κ1) is 19.9. The Kier molecular flexibility index (Phi) is 6.58. The van der Waals surface area contributed by atoms with E-state index in [1.165, 1.54) is 0 Å². The molecule has 5 nitrogen and oxygen atoms in total. The molecule has 1 aromatic carbocycles. The van der Waals surface area contributed by atoms with Gasteiger partial charge in [0.1, 0.15) is 0 Å². The highest BCUT2D eigenvalue weighted by Crippen LogP contribution is 2.37. The fraction of sp³-hybridized carbons (Fsp3) is 0.556. The van der Waals surface area contributed by atoms with Gasteiger partial charge in [0.05, 0.1) is 13.0 Å². The second-order valence-electron chi connectivity index (χ2n) is 6.33. The lowest BCUT2D eigenvalue weighted by Crippen LogP contribution is -2.44. The third-order valence-electron chi connectivity index (χ3n) is 4.91. The molecule has 0 bridgehead atoms. The van der Waals surface area contributed by atoms with E-state index in [-0.39, 0.29) is 36.8 Å². The zero-order valence-corrected chi connectivity index (χ0v) is 16.3. The summed E-state index contributed by atoms with van der Waals surface area (Å²) < 4.78 is 10.3. The van der Waals surface area contributed by atoms with Gasteiger partial charge in [-0.2, -0.15) is 0 Å². The number of carbonyl (C=O) groups excluding carboxylic acids is 2. The van der Waals surface area contributed by atoms with E-state index in [0.29, 0.717) is 15.6 Å². The maximum absolute atomic E-state index is 12.9. The fourth-order valence-corrected chi connectivity index (χ4v) is 3.70. The van der Waals surface area contributed by atoms with Gasteiger partial charge in [-0.25, -0.2) is 4.79 Å². The lowest BCUT2D eigenvalue weighted by atomic mass is 9.94. The first-order chi connectivity index (χ1) is 11.8. The van der Waals surface area contributed by atoms with Crippen LogP contribution in [0.4, 0.5) is 4.79 Å². The first-order valence-corrected chi connectivity index (χ1v) is 9.11. The van der Waals surface area contributed by atoms with E-state index in [9.17, 15) is 9.59 Å². The smallest absolute Gasteiger partial charge is 0.435 e. The highest BCUT2D eigenvalue weighted by Gasteiger charge is 2.47. The number of likely N-dealkylation sites (tertiary alicyclic amines) is 1. The zero-order valence-electron chi connectivity index (χ0n) is 14.8. The molecule has 138 valence electrons. The number of carbonyl (C=O) groups is 2. The minimum absolute atomic E-state index is 0.00919. The van der Waals surface area contributed by atoms with E-state index in [0.717, 1.165) is 0 Å². The summed E-state index contributed by atoms with van der Waals surface area (Å²) in [6.45, 7) is 7.86. The molecular weight excluding hydrogens is 365 g/mol. The van der Waals surface area contributed by atoms with Crippen molar-refractivity contribution >= 4 is 35.3 Å². The van der Waals surface area contributed by atoms with Crippen molar-refractivity contribution in [1.82, 2.24) is 4.90 Å². The summed E-state index contributed by atoms with van der Waals surface area (Å²) in [6.07, 6.45) is -1.39. The standard InChI is InChI=1S/C18H23Cl2NO4/c1-5-24-18(23)25-17-11(3)10(2)12(4)21(17)16(22)9-13-14(19)7-6-8-15(13)20/h6-8,10-12,17H,5,9H2,1-4H3. The Labute approximate surface area is 158 Å². The van der Waals surface area contributed by atoms with Gasteiger partial charge in [0.15, 0.2) is 6.23 Å². The van der Waals surface area contributed by atoms with Crippen LogP contribution >= 0.6 is 23.2 Å². The molecule has 2 rings (SSSR count). The summed E-state index contributed by atoms with van der Waals surface area (Å²) in [7, 11) is 0. The van der Waals surface area contributed by atoms with Crippen LogP contribution in [0.5, 0.6) is 0 Å². The van der Waals surface area contributed by atoms with Crippen LogP contribution < -0.4 is 0 Å². The molecule has 1 aromatic rings. The van der Waals surface area contributed by atoms with Crippen molar-refractivity contribution < 1.29 is 19.1 Å². The molecule has 1 aliphatic rings. The second-order valence-corrected chi connectivity index (χ2v) is 7.14. The van der Waals surface area contributed by atoms with Crippen LogP contribution in [-0.2, 0) is 20.7 Å². The summed E-state index contributed by atoms with van der Waals surface area (Å²) in [5.74, 6) is -0.0248. The van der Waals surface area contributed by atoms with Gasteiger partial charge >= 0.3 is 6.16 Å². The molecule has 1 heterocycles. The number of amides is 1. The first-order valence-electron chi connectivity index (χ1n) is 8.35. The van der Waals surface area contributed by atoms with Crippen molar-refractivity contribution in [2.45, 2.75) is 46.4 Å². The maximum atomic E-state index is 12.9. The molecule has 0 aromatic heterocycles. The van der Waals surface area contributed by atoms with Crippen molar-refractivity contribution in [3.63, 3.8) is 0 Å². The topological polar surface area (TPSA) is 55.8 Å². The Morgan fingerprint density at radius 3 is 2.28 bits per heavy atom. The molecular formula is C18H23Cl2NO4. The summed E-state index contributed by atoms with van der Waals surface area (Å²) in [4.78, 5) is 26.3. The highest BCUT2D eigenvalue weighted by molar-refractivity contribution is 6.36. The van der Waals surface area contributed by atoms with Gasteiger partial charge in [0.25, 0.3) is 0 Å². The van der Waals surface area contributed by atoms with Gasteiger partial charge < -0.3 is 14.4 Å². The van der Waals surface area contributed by atoms with E-state index in [1.807, 2.05) is 20.8 Å². The summed E-state index contributed by atoms with van der Waals surface area (Å²) >= 11 is 12.4. The maximum Gasteiger partial charge on any atom is 0.510 e. The van der Waals surface area contributed by atoms with Gasteiger partial charge in [-0.3, -0.25) is 4.79 Å². The number of hydrogen-bond donors (Lipinski definition) is 0. The number of ether oxygens (including phenoxy) is 2. The van der Waals surface area contributed by atoms with Crippen molar-refractivity contribution in [2.24, 2.45) is 11.8 Å². The molecule has 0 saturated carbocycles. The van der Waals surface area contributed by atoms with Crippen molar-refractivity contribution in [2.75, 3.05) is 6.61 Å². The number of nitrogens with zero attached hydrogens (tertiary/aromatic N) is 1. The lowest BCUT2D eigenvalue weighted by molar-refractivity contribution is -0.142. The average molecular weight is 388 g/mol. The second kappa shape index (κ2) is 8.28. The minimum atomic E-state index is -0.769. The molecule has 0 radical (unpaired) electrons. The normalized spacial score (nSPS) is 25.8. The summed E-state index contributed by atoms with van der Waals surface area (Å²) in [5, 5.41) is 0.883. The number of hydrogen-bond acceptors (Lipinski definition) is 4. The molecule has 0 N–H and O–H groups in total. The van der Waals surface area contributed by atoms with Crippen LogP contribution in [0.1, 0.15) is 33.3 Å². The fourth-order valence-electron chi connectivity index (χ4n) is 3.16. The van der Waals surface area contributed by atoms with Crippen molar-refractivity contribution in [1.29, 1.82) is 0 Å². The monoisotopic (exact) mass is 387 g/mol. The van der Waals surface area contributed by atoms with Crippen molar-refractivity contribution in [3.05, 3.63) is 33.8 Å². The van der Waals surface area contributed by atoms with Gasteiger partial charge in [-0.1, -0.05) is 43.1 Å². The van der Waals surface area contributed by atoms with Crippen LogP contribution in [0, 0.1) is 11.8 Å². The Balaban J connectivity index is 2.23. The average Bonchev–Trinajstić information content (AvgIpc) is 2.75. The van der Waals surface area contributed by atoms with Crippen molar-refractivity contribution in [3.8, 4) is 0 Å². The number of benzene rings is 1. The number of rotatable bonds is 4. The molecule has 0 spiro atoms. The minimum Gasteiger partial charge on any atom is -0.435 e. The van der Waals surface area contributed by atoms with Gasteiger partial charge in [0.2, 0.25) is 5.91 Å². The Morgan fingerprint density at radius 2 is 1.72 bits per heavy atom. The Morgan fingerprint density at radius 1 is 1.12 bits per heavy atom. The third-order valence-corrected chi connectivity index (χ3v) is 5.62. The third kappa shape index (κ3) is 4.21. The molecule has 7 heteroatoms. The molecule has 25 heavy (non-hydrogen) atoms. The van der Waals surface area contributed by atoms with E-state index in [1.54, 1.807) is 30.0 Å². The summed E-state index contributed by atoms with van der Waals surface area (Å²) in [5.41, 5.74) is 0.574. The Bertz CT molecular complexity index is 632. The highest BCUT2D eigenvalue weighted by atomic mass is 35.5. The molecule has 4 unspecified atom stereocenters. The lowest BCUT2D eigenvalue weighted by Gasteiger charge is -2.29. The van der Waals surface area contributed by atoms with Crippen LogP contribution in [0.3, 0.4) is 0 Å². The van der Waals surface area contributed by atoms with Crippen LogP contribution in [0.15, 0.2) is 18.2 Å². The van der Waals surface area contributed by atoms with E-state index in [2.05, 4.69) is 0 Å². The van der Waals surface area contributed by atoms with Crippen LogP contribution in [0.2, 0.25) is 10.0 Å². The van der Waals surface area contributed by atoms with E-state index >= 15 is 0 Å². The quantitative estimate of drug-likeness (QED) is 0.711. The van der Waals surface area contributed by atoms with Crippen LogP contribution in [0.25, 0.3) is 0 Å². The van der Waals surface area contributed by atoms with Gasteiger partial charge in [-0.05, 0) is 37.5 Å². The van der Waals surface area contributed by atoms with Gasteiger partial charge in [0, 0.05) is 22.0 Å². The summed E-state index contributed by atoms with van der Waals surface area (Å²) in [6, 6.07) is 5.04. The molecule has 4 atom stereocenters. The molecule has 1 saturated heterocycles. The molecule has 0 aliphatic carbocycles. The predicted octanol–water partition coefficient (Wildman–Crippen LogP) is 4.54. The molecule has 1 aliphatic heterocycles.